The van der Waals surface area contributed by atoms with Gasteiger partial charge in [-0.1, -0.05) is 6.58 Å². The molecule has 0 atom stereocenters. The van der Waals surface area contributed by atoms with E-state index in [4.69, 9.17) is 5.11 Å². The molecule has 0 radical (unpaired) electrons. The fraction of sp³-hybridized carbons (Fsp3) is 0.286. The van der Waals surface area contributed by atoms with Gasteiger partial charge in [0.05, 0.1) is 0 Å². The number of hydrogen-bond acceptors (Lipinski definition) is 4. The van der Waals surface area contributed by atoms with E-state index >= 15 is 0 Å². The van der Waals surface area contributed by atoms with Crippen LogP contribution in [0.4, 0.5) is 0 Å². The first-order valence-electron chi connectivity index (χ1n) is 3.30. The standard InChI is InChI=1S/C7H9NO5/c1-4(2)7(12)8-13-6(11)3-5(9)10/h1,3H2,2H3,(H,8,12)(H,9,10). The Balaban J connectivity index is 3.77. The summed E-state index contributed by atoms with van der Waals surface area (Å²) in [6.07, 6.45) is -0.795. The quantitative estimate of drug-likeness (QED) is 0.356. The third-order valence-corrected chi connectivity index (χ3v) is 0.941. The van der Waals surface area contributed by atoms with Crippen LogP contribution in [0.2, 0.25) is 0 Å². The highest BCUT2D eigenvalue weighted by Crippen LogP contribution is 1.88. The number of carboxylic acids is 1. The summed E-state index contributed by atoms with van der Waals surface area (Å²) >= 11 is 0. The SMILES string of the molecule is C=C(C)C(=O)NOC(=O)CC(=O)O. The molecule has 0 aromatic rings. The molecule has 13 heavy (non-hydrogen) atoms. The van der Waals surface area contributed by atoms with Crippen molar-refractivity contribution in [3.8, 4) is 0 Å². The van der Waals surface area contributed by atoms with Gasteiger partial charge in [0.25, 0.3) is 5.91 Å². The number of carbonyl (C=O) groups is 3. The predicted octanol–water partition coefficient (Wildman–Crippen LogP) is -0.388. The molecule has 0 aliphatic heterocycles. The van der Waals surface area contributed by atoms with Gasteiger partial charge in [0.2, 0.25) is 0 Å². The number of rotatable bonds is 3. The van der Waals surface area contributed by atoms with E-state index in [1.807, 2.05) is 0 Å². The van der Waals surface area contributed by atoms with Crippen molar-refractivity contribution in [2.45, 2.75) is 13.3 Å². The number of hydrogen-bond donors (Lipinski definition) is 2. The van der Waals surface area contributed by atoms with Crippen molar-refractivity contribution in [2.24, 2.45) is 0 Å². The maximum atomic E-state index is 10.7. The fourth-order valence-electron chi connectivity index (χ4n) is 0.350. The molecule has 0 aromatic carbocycles. The van der Waals surface area contributed by atoms with E-state index in [9.17, 15) is 14.4 Å². The van der Waals surface area contributed by atoms with Crippen molar-refractivity contribution in [1.29, 1.82) is 0 Å². The molecule has 0 unspecified atom stereocenters. The van der Waals surface area contributed by atoms with E-state index in [1.165, 1.54) is 6.92 Å². The van der Waals surface area contributed by atoms with Crippen LogP contribution in [0.25, 0.3) is 0 Å². The Hall–Kier alpha value is -1.85. The van der Waals surface area contributed by atoms with Crippen LogP contribution >= 0.6 is 0 Å². The minimum atomic E-state index is -1.32. The summed E-state index contributed by atoms with van der Waals surface area (Å²) in [5.74, 6) is -3.03. The molecule has 1 amide bonds. The first-order valence-corrected chi connectivity index (χ1v) is 3.30. The topological polar surface area (TPSA) is 92.7 Å². The van der Waals surface area contributed by atoms with Crippen molar-refractivity contribution in [3.05, 3.63) is 12.2 Å². The average Bonchev–Trinajstić information content (AvgIpc) is 1.98. The van der Waals surface area contributed by atoms with Crippen molar-refractivity contribution in [2.75, 3.05) is 0 Å². The van der Waals surface area contributed by atoms with Gasteiger partial charge in [-0.25, -0.2) is 4.79 Å². The molecule has 2 N–H and O–H groups in total. The first-order chi connectivity index (χ1) is 5.93. The summed E-state index contributed by atoms with van der Waals surface area (Å²) in [6.45, 7) is 4.69. The molecular weight excluding hydrogens is 178 g/mol. The summed E-state index contributed by atoms with van der Waals surface area (Å²) < 4.78 is 0. The number of nitrogens with one attached hydrogen (secondary N) is 1. The van der Waals surface area contributed by atoms with Crippen LogP contribution in [0.1, 0.15) is 13.3 Å². The minimum absolute atomic E-state index is 0.156. The van der Waals surface area contributed by atoms with Crippen LogP contribution in [-0.2, 0) is 19.2 Å². The van der Waals surface area contributed by atoms with E-state index < -0.39 is 24.3 Å². The summed E-state index contributed by atoms with van der Waals surface area (Å²) in [6, 6.07) is 0. The van der Waals surface area contributed by atoms with Crippen LogP contribution in [0.5, 0.6) is 0 Å². The molecule has 0 fully saturated rings. The molecule has 6 heteroatoms. The molecule has 0 rings (SSSR count). The van der Waals surface area contributed by atoms with Crippen LogP contribution in [0.3, 0.4) is 0 Å². The Morgan fingerprint density at radius 3 is 2.38 bits per heavy atom. The van der Waals surface area contributed by atoms with E-state index in [0.717, 1.165) is 0 Å². The number of amides is 1. The van der Waals surface area contributed by atoms with Crippen LogP contribution in [-0.4, -0.2) is 23.0 Å². The van der Waals surface area contributed by atoms with Gasteiger partial charge in [-0.05, 0) is 6.92 Å². The fourth-order valence-corrected chi connectivity index (χ4v) is 0.350. The summed E-state index contributed by atoms with van der Waals surface area (Å²) in [5, 5.41) is 8.13. The zero-order valence-corrected chi connectivity index (χ0v) is 6.99. The normalized spacial score (nSPS) is 8.69. The van der Waals surface area contributed by atoms with Gasteiger partial charge in [0.1, 0.15) is 6.42 Å². The molecule has 0 heterocycles. The molecule has 0 aromatic heterocycles. The summed E-state index contributed by atoms with van der Waals surface area (Å²) in [4.78, 5) is 35.3. The molecule has 0 bridgehead atoms. The smallest absolute Gasteiger partial charge is 0.343 e. The second-order valence-electron chi connectivity index (χ2n) is 2.26. The molecule has 0 aliphatic rings. The number of carboxylic acid groups (broad SMARTS) is 1. The number of hydroxylamine groups is 1. The molecule has 0 spiro atoms. The Kier molecular flexibility index (Phi) is 4.21. The van der Waals surface area contributed by atoms with E-state index in [0.29, 0.717) is 0 Å². The highest BCUT2D eigenvalue weighted by molar-refractivity contribution is 5.94. The van der Waals surface area contributed by atoms with E-state index in [2.05, 4.69) is 11.4 Å². The van der Waals surface area contributed by atoms with Crippen LogP contribution in [0.15, 0.2) is 12.2 Å². The maximum Gasteiger partial charge on any atom is 0.343 e. The first kappa shape index (κ1) is 11.2. The lowest BCUT2D eigenvalue weighted by Gasteiger charge is -2.02. The molecule has 6 nitrogen and oxygen atoms in total. The van der Waals surface area contributed by atoms with Crippen LogP contribution in [0, 0.1) is 0 Å². The Morgan fingerprint density at radius 2 is 2.00 bits per heavy atom. The molecule has 0 saturated heterocycles. The van der Waals surface area contributed by atoms with Crippen molar-refractivity contribution >= 4 is 17.8 Å². The molecule has 0 saturated carbocycles. The second kappa shape index (κ2) is 4.91. The van der Waals surface area contributed by atoms with E-state index in [-0.39, 0.29) is 5.57 Å². The highest BCUT2D eigenvalue weighted by atomic mass is 16.7. The van der Waals surface area contributed by atoms with Gasteiger partial charge in [0.15, 0.2) is 0 Å². The van der Waals surface area contributed by atoms with Gasteiger partial charge >= 0.3 is 11.9 Å². The monoisotopic (exact) mass is 187 g/mol. The predicted molar refractivity (Wildman–Crippen MR) is 41.3 cm³/mol. The van der Waals surface area contributed by atoms with Gasteiger partial charge in [-0.2, -0.15) is 5.48 Å². The van der Waals surface area contributed by atoms with Gasteiger partial charge in [-0.15, -0.1) is 0 Å². The molecular formula is C7H9NO5. The minimum Gasteiger partial charge on any atom is -0.481 e. The lowest BCUT2D eigenvalue weighted by atomic mass is 10.3. The third kappa shape index (κ3) is 5.42. The molecule has 72 valence electrons. The third-order valence-electron chi connectivity index (χ3n) is 0.941. The van der Waals surface area contributed by atoms with Crippen molar-refractivity contribution < 1.29 is 24.3 Å². The van der Waals surface area contributed by atoms with Gasteiger partial charge in [0, 0.05) is 5.57 Å². The summed E-state index contributed by atoms with van der Waals surface area (Å²) in [7, 11) is 0. The largest absolute Gasteiger partial charge is 0.481 e. The lowest BCUT2D eigenvalue weighted by molar-refractivity contribution is -0.160. The number of carbonyl (C=O) groups excluding carboxylic acids is 2. The highest BCUT2D eigenvalue weighted by Gasteiger charge is 2.10. The molecule has 0 aliphatic carbocycles. The van der Waals surface area contributed by atoms with Gasteiger partial charge < -0.3 is 9.94 Å². The van der Waals surface area contributed by atoms with Gasteiger partial charge in [-0.3, -0.25) is 9.59 Å². The Bertz CT molecular complexity index is 258. The Labute approximate surface area is 74.1 Å². The Morgan fingerprint density at radius 1 is 1.46 bits per heavy atom. The lowest BCUT2D eigenvalue weighted by Crippen LogP contribution is -2.28. The van der Waals surface area contributed by atoms with Crippen molar-refractivity contribution in [1.82, 2.24) is 5.48 Å². The zero-order valence-electron chi connectivity index (χ0n) is 6.99. The van der Waals surface area contributed by atoms with Crippen LogP contribution < -0.4 is 5.48 Å². The maximum absolute atomic E-state index is 10.7. The van der Waals surface area contributed by atoms with E-state index in [1.54, 1.807) is 5.48 Å². The summed E-state index contributed by atoms with van der Waals surface area (Å²) in [5.41, 5.74) is 1.89. The average molecular weight is 187 g/mol. The zero-order chi connectivity index (χ0) is 10.4. The number of aliphatic carboxylic acids is 1. The second-order valence-corrected chi connectivity index (χ2v) is 2.26. The van der Waals surface area contributed by atoms with Crippen molar-refractivity contribution in [3.63, 3.8) is 0 Å².